The summed E-state index contributed by atoms with van der Waals surface area (Å²) in [5.74, 6) is 0.102. The van der Waals surface area contributed by atoms with Crippen LogP contribution in [0.2, 0.25) is 0 Å². The number of carbonyl (C=O) groups excluding carboxylic acids is 1. The molecular formula is C11H18N2OS. The SMILES string of the molecule is CCCC(N)C(=O)Cc1nc(C)c(C)s1. The number of aromatic nitrogens is 1. The van der Waals surface area contributed by atoms with Crippen LogP contribution in [0.5, 0.6) is 0 Å². The van der Waals surface area contributed by atoms with E-state index in [2.05, 4.69) is 4.98 Å². The standard InChI is InChI=1S/C11H18N2OS/c1-4-5-9(12)10(14)6-11-13-7(2)8(3)15-11/h9H,4-6,12H2,1-3H3. The van der Waals surface area contributed by atoms with Gasteiger partial charge in [-0.25, -0.2) is 4.98 Å². The zero-order chi connectivity index (χ0) is 11.4. The molecule has 0 amide bonds. The summed E-state index contributed by atoms with van der Waals surface area (Å²) in [6.07, 6.45) is 2.10. The average Bonchev–Trinajstić information content (AvgIpc) is 2.46. The quantitative estimate of drug-likeness (QED) is 0.835. The number of aryl methyl sites for hydroxylation is 2. The van der Waals surface area contributed by atoms with Crippen molar-refractivity contribution >= 4 is 17.1 Å². The number of nitrogens with zero attached hydrogens (tertiary/aromatic N) is 1. The summed E-state index contributed by atoms with van der Waals surface area (Å²) < 4.78 is 0. The molecule has 0 saturated heterocycles. The minimum Gasteiger partial charge on any atom is -0.321 e. The Balaban J connectivity index is 2.58. The van der Waals surface area contributed by atoms with Crippen molar-refractivity contribution in [2.45, 2.75) is 46.1 Å². The molecule has 0 aromatic carbocycles. The molecule has 15 heavy (non-hydrogen) atoms. The van der Waals surface area contributed by atoms with Crippen molar-refractivity contribution in [3.05, 3.63) is 15.6 Å². The van der Waals surface area contributed by atoms with Gasteiger partial charge >= 0.3 is 0 Å². The number of Topliss-reactive ketones (excluding diaryl/α,β-unsaturated/α-hetero) is 1. The fourth-order valence-electron chi connectivity index (χ4n) is 1.37. The van der Waals surface area contributed by atoms with Crippen molar-refractivity contribution in [3.63, 3.8) is 0 Å². The number of nitrogens with two attached hydrogens (primary N) is 1. The highest BCUT2D eigenvalue weighted by molar-refractivity contribution is 7.11. The van der Waals surface area contributed by atoms with Gasteiger partial charge < -0.3 is 5.73 Å². The van der Waals surface area contributed by atoms with Crippen molar-refractivity contribution in [2.75, 3.05) is 0 Å². The molecule has 0 radical (unpaired) electrons. The maximum Gasteiger partial charge on any atom is 0.156 e. The van der Waals surface area contributed by atoms with E-state index in [1.807, 2.05) is 20.8 Å². The van der Waals surface area contributed by atoms with Crippen molar-refractivity contribution in [2.24, 2.45) is 5.73 Å². The van der Waals surface area contributed by atoms with Crippen LogP contribution >= 0.6 is 11.3 Å². The normalized spacial score (nSPS) is 12.8. The van der Waals surface area contributed by atoms with Crippen LogP contribution in [0.1, 0.15) is 35.3 Å². The minimum absolute atomic E-state index is 0.102. The number of ketones is 1. The molecule has 0 bridgehead atoms. The Kier molecular flexibility index (Phi) is 4.42. The Morgan fingerprint density at radius 1 is 1.53 bits per heavy atom. The molecule has 0 aliphatic heterocycles. The van der Waals surface area contributed by atoms with Crippen LogP contribution in [0, 0.1) is 13.8 Å². The molecule has 3 nitrogen and oxygen atoms in total. The van der Waals surface area contributed by atoms with Crippen LogP contribution in [-0.2, 0) is 11.2 Å². The molecule has 1 unspecified atom stereocenters. The van der Waals surface area contributed by atoms with E-state index in [0.717, 1.165) is 23.5 Å². The van der Waals surface area contributed by atoms with Gasteiger partial charge in [-0.1, -0.05) is 13.3 Å². The van der Waals surface area contributed by atoms with E-state index in [-0.39, 0.29) is 11.8 Å². The van der Waals surface area contributed by atoms with Gasteiger partial charge in [0.25, 0.3) is 0 Å². The number of hydrogen-bond donors (Lipinski definition) is 1. The number of carbonyl (C=O) groups is 1. The Labute approximate surface area is 94.7 Å². The first kappa shape index (κ1) is 12.3. The molecule has 84 valence electrons. The highest BCUT2D eigenvalue weighted by Gasteiger charge is 2.15. The summed E-state index contributed by atoms with van der Waals surface area (Å²) in [6.45, 7) is 6.02. The number of hydrogen-bond acceptors (Lipinski definition) is 4. The Morgan fingerprint density at radius 2 is 2.20 bits per heavy atom. The molecular weight excluding hydrogens is 208 g/mol. The van der Waals surface area contributed by atoms with Crippen molar-refractivity contribution < 1.29 is 4.79 Å². The average molecular weight is 226 g/mol. The van der Waals surface area contributed by atoms with Crippen molar-refractivity contribution in [1.29, 1.82) is 0 Å². The summed E-state index contributed by atoms with van der Waals surface area (Å²) in [5, 5.41) is 0.890. The molecule has 4 heteroatoms. The monoisotopic (exact) mass is 226 g/mol. The van der Waals surface area contributed by atoms with Gasteiger partial charge in [-0.3, -0.25) is 4.79 Å². The molecule has 1 aromatic rings. The van der Waals surface area contributed by atoms with Gasteiger partial charge in [0.05, 0.1) is 18.2 Å². The highest BCUT2D eigenvalue weighted by atomic mass is 32.1. The summed E-state index contributed by atoms with van der Waals surface area (Å²) in [7, 11) is 0. The molecule has 1 heterocycles. The molecule has 2 N–H and O–H groups in total. The van der Waals surface area contributed by atoms with E-state index < -0.39 is 0 Å². The van der Waals surface area contributed by atoms with E-state index in [4.69, 9.17) is 5.73 Å². The smallest absolute Gasteiger partial charge is 0.156 e. The summed E-state index contributed by atoms with van der Waals surface area (Å²) in [6, 6.07) is -0.320. The van der Waals surface area contributed by atoms with Crippen LogP contribution in [0.3, 0.4) is 0 Å². The van der Waals surface area contributed by atoms with E-state index in [0.29, 0.717) is 6.42 Å². The first-order valence-corrected chi connectivity index (χ1v) is 6.07. The van der Waals surface area contributed by atoms with Gasteiger partial charge in [0.2, 0.25) is 0 Å². The molecule has 0 spiro atoms. The summed E-state index contributed by atoms with van der Waals surface area (Å²) >= 11 is 1.59. The fourth-order valence-corrected chi connectivity index (χ4v) is 2.31. The molecule has 1 atom stereocenters. The third kappa shape index (κ3) is 3.39. The van der Waals surface area contributed by atoms with Crippen molar-refractivity contribution in [3.8, 4) is 0 Å². The maximum absolute atomic E-state index is 11.7. The number of thiazole rings is 1. The van der Waals surface area contributed by atoms with Crippen LogP contribution in [-0.4, -0.2) is 16.8 Å². The molecule has 1 rings (SSSR count). The van der Waals surface area contributed by atoms with Gasteiger partial charge in [0, 0.05) is 4.88 Å². The first-order valence-electron chi connectivity index (χ1n) is 5.25. The van der Waals surface area contributed by atoms with Gasteiger partial charge in [0.1, 0.15) is 5.01 Å². The molecule has 0 saturated carbocycles. The first-order chi connectivity index (χ1) is 7.04. The third-order valence-corrected chi connectivity index (χ3v) is 3.48. The Morgan fingerprint density at radius 3 is 2.67 bits per heavy atom. The Bertz CT molecular complexity index is 327. The topological polar surface area (TPSA) is 56.0 Å². The number of rotatable bonds is 5. The van der Waals surface area contributed by atoms with Crippen LogP contribution in [0.4, 0.5) is 0 Å². The summed E-state index contributed by atoms with van der Waals surface area (Å²) in [5.41, 5.74) is 6.77. The van der Waals surface area contributed by atoms with Crippen LogP contribution in [0.25, 0.3) is 0 Å². The molecule has 0 fully saturated rings. The second kappa shape index (κ2) is 5.37. The predicted molar refractivity (Wildman–Crippen MR) is 63.2 cm³/mol. The molecule has 0 aliphatic rings. The van der Waals surface area contributed by atoms with E-state index in [1.165, 1.54) is 4.88 Å². The minimum atomic E-state index is -0.320. The van der Waals surface area contributed by atoms with Crippen molar-refractivity contribution in [1.82, 2.24) is 4.98 Å². The van der Waals surface area contributed by atoms with Gasteiger partial charge in [-0.15, -0.1) is 11.3 Å². The Hall–Kier alpha value is -0.740. The second-order valence-electron chi connectivity index (χ2n) is 3.79. The van der Waals surface area contributed by atoms with E-state index in [9.17, 15) is 4.79 Å². The highest BCUT2D eigenvalue weighted by Crippen LogP contribution is 2.17. The lowest BCUT2D eigenvalue weighted by atomic mass is 10.1. The lowest BCUT2D eigenvalue weighted by Crippen LogP contribution is -2.31. The molecule has 0 aliphatic carbocycles. The van der Waals surface area contributed by atoms with Crippen LogP contribution < -0.4 is 5.73 Å². The van der Waals surface area contributed by atoms with Gasteiger partial charge in [-0.05, 0) is 20.3 Å². The summed E-state index contributed by atoms with van der Waals surface area (Å²) in [4.78, 5) is 17.2. The fraction of sp³-hybridized carbons (Fsp3) is 0.636. The van der Waals surface area contributed by atoms with E-state index in [1.54, 1.807) is 11.3 Å². The zero-order valence-electron chi connectivity index (χ0n) is 9.54. The predicted octanol–water partition coefficient (Wildman–Crippen LogP) is 2.00. The maximum atomic E-state index is 11.7. The third-order valence-electron chi connectivity index (χ3n) is 2.41. The van der Waals surface area contributed by atoms with Gasteiger partial charge in [-0.2, -0.15) is 0 Å². The lowest BCUT2D eigenvalue weighted by molar-refractivity contribution is -0.119. The second-order valence-corrected chi connectivity index (χ2v) is 5.08. The lowest BCUT2D eigenvalue weighted by Gasteiger charge is -2.06. The molecule has 1 aromatic heterocycles. The van der Waals surface area contributed by atoms with E-state index >= 15 is 0 Å². The largest absolute Gasteiger partial charge is 0.321 e. The van der Waals surface area contributed by atoms with Gasteiger partial charge in [0.15, 0.2) is 5.78 Å². The zero-order valence-corrected chi connectivity index (χ0v) is 10.4. The van der Waals surface area contributed by atoms with Crippen LogP contribution in [0.15, 0.2) is 0 Å².